The summed E-state index contributed by atoms with van der Waals surface area (Å²) in [7, 11) is 1.69. The summed E-state index contributed by atoms with van der Waals surface area (Å²) >= 11 is 1.51. The Balaban J connectivity index is 2.06. The molecule has 1 aromatic heterocycles. The Hall–Kier alpha value is -0.720. The first-order valence-electron chi connectivity index (χ1n) is 7.01. The molecule has 0 saturated carbocycles. The highest BCUT2D eigenvalue weighted by molar-refractivity contribution is 7.13. The topological polar surface area (TPSA) is 56.3 Å². The first-order valence-corrected chi connectivity index (χ1v) is 7.83. The quantitative estimate of drug-likeness (QED) is 0.599. The van der Waals surface area contributed by atoms with E-state index in [1.807, 2.05) is 0 Å². The van der Waals surface area contributed by atoms with Crippen LogP contribution in [0.5, 0.6) is 5.19 Å². The number of rotatable bonds is 12. The lowest BCUT2D eigenvalue weighted by molar-refractivity contribution is 0.199. The molecule has 0 bridgehead atoms. The SMILES string of the molecule is CCCCCCCOc1nnc(CNCCOC)s1. The van der Waals surface area contributed by atoms with Gasteiger partial charge >= 0.3 is 0 Å². The maximum Gasteiger partial charge on any atom is 0.294 e. The highest BCUT2D eigenvalue weighted by Gasteiger charge is 2.04. The van der Waals surface area contributed by atoms with Crippen LogP contribution in [0.25, 0.3) is 0 Å². The van der Waals surface area contributed by atoms with E-state index >= 15 is 0 Å². The molecule has 1 aromatic rings. The molecule has 19 heavy (non-hydrogen) atoms. The summed E-state index contributed by atoms with van der Waals surface area (Å²) in [5, 5.41) is 13.0. The molecule has 0 amide bonds. The van der Waals surface area contributed by atoms with Gasteiger partial charge in [0.15, 0.2) is 0 Å². The lowest BCUT2D eigenvalue weighted by atomic mass is 10.2. The fourth-order valence-corrected chi connectivity index (χ4v) is 2.28. The van der Waals surface area contributed by atoms with Crippen molar-refractivity contribution in [2.24, 2.45) is 0 Å². The Morgan fingerprint density at radius 2 is 1.95 bits per heavy atom. The summed E-state index contributed by atoms with van der Waals surface area (Å²) in [4.78, 5) is 0. The number of unbranched alkanes of at least 4 members (excludes halogenated alkanes) is 4. The molecule has 0 aliphatic carbocycles. The van der Waals surface area contributed by atoms with Crippen LogP contribution in [0.4, 0.5) is 0 Å². The summed E-state index contributed by atoms with van der Waals surface area (Å²) in [6, 6.07) is 0. The number of hydrogen-bond donors (Lipinski definition) is 1. The lowest BCUT2D eigenvalue weighted by Gasteiger charge is -2.01. The molecule has 0 radical (unpaired) electrons. The number of methoxy groups -OCH3 is 1. The Morgan fingerprint density at radius 1 is 1.11 bits per heavy atom. The second-order valence-electron chi connectivity index (χ2n) is 4.39. The van der Waals surface area contributed by atoms with Gasteiger partial charge in [0.25, 0.3) is 5.19 Å². The third-order valence-electron chi connectivity index (χ3n) is 2.68. The largest absolute Gasteiger partial charge is 0.469 e. The van der Waals surface area contributed by atoms with Crippen LogP contribution in [-0.4, -0.2) is 37.1 Å². The van der Waals surface area contributed by atoms with E-state index in [0.29, 0.717) is 11.8 Å². The minimum absolute atomic E-state index is 0.680. The normalized spacial score (nSPS) is 10.8. The third kappa shape index (κ3) is 8.13. The van der Waals surface area contributed by atoms with Crippen LogP contribution in [0, 0.1) is 0 Å². The average molecular weight is 287 g/mol. The van der Waals surface area contributed by atoms with E-state index in [9.17, 15) is 0 Å². The zero-order valence-corrected chi connectivity index (χ0v) is 12.8. The second kappa shape index (κ2) is 11.1. The monoisotopic (exact) mass is 287 g/mol. The molecule has 0 aliphatic rings. The number of aromatic nitrogens is 2. The summed E-state index contributed by atoms with van der Waals surface area (Å²) < 4.78 is 10.5. The maximum atomic E-state index is 5.59. The van der Waals surface area contributed by atoms with Crippen LogP contribution >= 0.6 is 11.3 Å². The number of ether oxygens (including phenoxy) is 2. The van der Waals surface area contributed by atoms with Crippen LogP contribution in [0.1, 0.15) is 44.0 Å². The molecule has 1 N–H and O–H groups in total. The molecule has 0 atom stereocenters. The van der Waals surface area contributed by atoms with Gasteiger partial charge in [0.1, 0.15) is 5.01 Å². The summed E-state index contributed by atoms with van der Waals surface area (Å²) in [5.41, 5.74) is 0. The molecule has 1 heterocycles. The Labute approximate surface area is 119 Å². The van der Waals surface area contributed by atoms with Gasteiger partial charge in [-0.2, -0.15) is 0 Å². The molecule has 1 rings (SSSR count). The van der Waals surface area contributed by atoms with E-state index < -0.39 is 0 Å². The predicted molar refractivity (Wildman–Crippen MR) is 77.7 cm³/mol. The van der Waals surface area contributed by atoms with Crippen molar-refractivity contribution in [3.05, 3.63) is 5.01 Å². The first-order chi connectivity index (χ1) is 9.36. The Bertz CT molecular complexity index is 321. The van der Waals surface area contributed by atoms with E-state index in [1.165, 1.54) is 37.0 Å². The van der Waals surface area contributed by atoms with Crippen LogP contribution in [0.2, 0.25) is 0 Å². The fourth-order valence-electron chi connectivity index (χ4n) is 1.60. The highest BCUT2D eigenvalue weighted by Crippen LogP contribution is 2.18. The molecule has 110 valence electrons. The van der Waals surface area contributed by atoms with Crippen LogP contribution < -0.4 is 10.1 Å². The van der Waals surface area contributed by atoms with E-state index in [1.54, 1.807) is 7.11 Å². The minimum atomic E-state index is 0.680. The predicted octanol–water partition coefficient (Wildman–Crippen LogP) is 2.62. The van der Waals surface area contributed by atoms with Crippen molar-refractivity contribution in [1.29, 1.82) is 0 Å². The van der Waals surface area contributed by atoms with Gasteiger partial charge in [-0.15, -0.1) is 10.2 Å². The molecule has 0 aromatic carbocycles. The smallest absolute Gasteiger partial charge is 0.294 e. The van der Waals surface area contributed by atoms with Crippen LogP contribution in [0.3, 0.4) is 0 Å². The summed E-state index contributed by atoms with van der Waals surface area (Å²) in [6.07, 6.45) is 6.22. The first kappa shape index (κ1) is 16.3. The molecular formula is C13H25N3O2S. The lowest BCUT2D eigenvalue weighted by Crippen LogP contribution is -2.18. The van der Waals surface area contributed by atoms with Crippen molar-refractivity contribution in [2.45, 2.75) is 45.6 Å². The molecule has 0 spiro atoms. The van der Waals surface area contributed by atoms with Crippen LogP contribution in [-0.2, 0) is 11.3 Å². The van der Waals surface area contributed by atoms with Gasteiger partial charge in [-0.1, -0.05) is 43.9 Å². The van der Waals surface area contributed by atoms with Crippen molar-refractivity contribution in [1.82, 2.24) is 15.5 Å². The van der Waals surface area contributed by atoms with E-state index in [-0.39, 0.29) is 0 Å². The van der Waals surface area contributed by atoms with Crippen molar-refractivity contribution < 1.29 is 9.47 Å². The van der Waals surface area contributed by atoms with Gasteiger partial charge in [-0.05, 0) is 6.42 Å². The van der Waals surface area contributed by atoms with Gasteiger partial charge in [-0.25, -0.2) is 0 Å². The van der Waals surface area contributed by atoms with Gasteiger partial charge in [-0.3, -0.25) is 0 Å². The zero-order valence-electron chi connectivity index (χ0n) is 12.0. The molecular weight excluding hydrogens is 262 g/mol. The van der Waals surface area contributed by atoms with Gasteiger partial charge in [0.05, 0.1) is 13.2 Å². The highest BCUT2D eigenvalue weighted by atomic mass is 32.1. The Kier molecular flexibility index (Phi) is 9.57. The Morgan fingerprint density at radius 3 is 2.74 bits per heavy atom. The van der Waals surface area contributed by atoms with Crippen molar-refractivity contribution in [3.63, 3.8) is 0 Å². The third-order valence-corrected chi connectivity index (χ3v) is 3.52. The van der Waals surface area contributed by atoms with Gasteiger partial charge in [0.2, 0.25) is 0 Å². The minimum Gasteiger partial charge on any atom is -0.469 e. The average Bonchev–Trinajstić information content (AvgIpc) is 2.87. The van der Waals surface area contributed by atoms with Gasteiger partial charge in [0, 0.05) is 20.2 Å². The van der Waals surface area contributed by atoms with E-state index in [2.05, 4.69) is 22.4 Å². The standard InChI is InChI=1S/C13H25N3O2S/c1-3-4-5-6-7-9-18-13-16-15-12(19-13)11-14-8-10-17-2/h14H,3-11H2,1-2H3. The molecule has 6 heteroatoms. The van der Waals surface area contributed by atoms with E-state index in [4.69, 9.17) is 9.47 Å². The van der Waals surface area contributed by atoms with Crippen molar-refractivity contribution >= 4 is 11.3 Å². The molecule has 0 aliphatic heterocycles. The molecule has 5 nitrogen and oxygen atoms in total. The zero-order chi connectivity index (χ0) is 13.8. The second-order valence-corrected chi connectivity index (χ2v) is 5.42. The number of hydrogen-bond acceptors (Lipinski definition) is 6. The summed E-state index contributed by atoms with van der Waals surface area (Å²) in [5.74, 6) is 0. The molecule has 0 unspecified atom stereocenters. The van der Waals surface area contributed by atoms with E-state index in [0.717, 1.165) is 31.1 Å². The fraction of sp³-hybridized carbons (Fsp3) is 0.846. The number of nitrogens with one attached hydrogen (secondary N) is 1. The molecule has 0 fully saturated rings. The maximum absolute atomic E-state index is 5.59. The van der Waals surface area contributed by atoms with Crippen LogP contribution in [0.15, 0.2) is 0 Å². The number of nitrogens with zero attached hydrogens (tertiary/aromatic N) is 2. The van der Waals surface area contributed by atoms with Crippen molar-refractivity contribution in [3.8, 4) is 5.19 Å². The van der Waals surface area contributed by atoms with Crippen molar-refractivity contribution in [2.75, 3.05) is 26.9 Å². The molecule has 0 saturated heterocycles. The van der Waals surface area contributed by atoms with Gasteiger partial charge < -0.3 is 14.8 Å². The summed E-state index contributed by atoms with van der Waals surface area (Å²) in [6.45, 7) is 5.22.